The lowest BCUT2D eigenvalue weighted by Gasteiger charge is -2.02. The van der Waals surface area contributed by atoms with Crippen LogP contribution in [0, 0.1) is 0 Å². The van der Waals surface area contributed by atoms with Crippen LogP contribution in [-0.4, -0.2) is 26.7 Å². The second-order valence-corrected chi connectivity index (χ2v) is 6.62. The molecule has 0 saturated heterocycles. The third-order valence-electron chi connectivity index (χ3n) is 2.90. The molecule has 0 unspecified atom stereocenters. The lowest BCUT2D eigenvalue weighted by molar-refractivity contribution is 0.102. The van der Waals surface area contributed by atoms with Crippen molar-refractivity contribution >= 4 is 39.1 Å². The van der Waals surface area contributed by atoms with Crippen LogP contribution in [-0.2, 0) is 0 Å². The molecule has 0 bridgehead atoms. The number of thiazole rings is 1. The van der Waals surface area contributed by atoms with Gasteiger partial charge in [-0.3, -0.25) is 4.79 Å². The average Bonchev–Trinajstić information content (AvgIpc) is 2.90. The van der Waals surface area contributed by atoms with Crippen LogP contribution in [0.3, 0.4) is 0 Å². The van der Waals surface area contributed by atoms with Gasteiger partial charge in [0.1, 0.15) is 0 Å². The van der Waals surface area contributed by atoms with Gasteiger partial charge in [-0.2, -0.15) is 0 Å². The number of hydrogen-bond acceptors (Lipinski definition) is 6. The first-order valence-electron chi connectivity index (χ1n) is 6.17. The van der Waals surface area contributed by atoms with Crippen molar-refractivity contribution in [1.82, 2.24) is 4.98 Å². The molecule has 106 valence electrons. The number of Topliss-reactive ketones (excluding diaryl/α,β-unsaturated/α-hetero) is 1. The van der Waals surface area contributed by atoms with E-state index in [1.165, 1.54) is 30.0 Å². The Morgan fingerprint density at radius 1 is 1.14 bits per heavy atom. The monoisotopic (exact) mass is 317 g/mol. The van der Waals surface area contributed by atoms with E-state index in [0.29, 0.717) is 5.56 Å². The van der Waals surface area contributed by atoms with Crippen molar-refractivity contribution in [3.63, 3.8) is 0 Å². The van der Waals surface area contributed by atoms with Gasteiger partial charge in [-0.15, -0.1) is 11.3 Å². The SMILES string of the molecule is O=C(CSc1nc2ccccc2s1)c1ccc(O)c(O)c1. The second-order valence-electron chi connectivity index (χ2n) is 4.36. The molecule has 21 heavy (non-hydrogen) atoms. The molecule has 0 saturated carbocycles. The van der Waals surface area contributed by atoms with Crippen LogP contribution in [0.5, 0.6) is 11.5 Å². The van der Waals surface area contributed by atoms with Crippen LogP contribution < -0.4 is 0 Å². The minimum absolute atomic E-state index is 0.116. The van der Waals surface area contributed by atoms with E-state index < -0.39 is 0 Å². The van der Waals surface area contributed by atoms with E-state index in [1.54, 1.807) is 11.3 Å². The molecule has 0 spiro atoms. The number of ketones is 1. The summed E-state index contributed by atoms with van der Waals surface area (Å²) in [6.07, 6.45) is 0. The Morgan fingerprint density at radius 3 is 2.71 bits per heavy atom. The van der Waals surface area contributed by atoms with Crippen LogP contribution in [0.25, 0.3) is 10.2 Å². The minimum Gasteiger partial charge on any atom is -0.504 e. The maximum absolute atomic E-state index is 12.1. The van der Waals surface area contributed by atoms with Gasteiger partial charge < -0.3 is 10.2 Å². The molecule has 6 heteroatoms. The molecule has 2 N–H and O–H groups in total. The summed E-state index contributed by atoms with van der Waals surface area (Å²) in [4.78, 5) is 16.5. The highest BCUT2D eigenvalue weighted by Crippen LogP contribution is 2.30. The quantitative estimate of drug-likeness (QED) is 0.436. The Balaban J connectivity index is 1.71. The second kappa shape index (κ2) is 5.75. The molecule has 0 atom stereocenters. The molecule has 1 heterocycles. The molecular formula is C15H11NO3S2. The van der Waals surface area contributed by atoms with E-state index in [1.807, 2.05) is 24.3 Å². The zero-order chi connectivity index (χ0) is 14.8. The normalized spacial score (nSPS) is 10.9. The molecule has 3 rings (SSSR count). The molecule has 1 aromatic heterocycles. The number of aromatic hydroxyl groups is 2. The van der Waals surface area contributed by atoms with Crippen molar-refractivity contribution in [2.75, 3.05) is 5.75 Å². The number of phenols is 2. The number of benzene rings is 2. The van der Waals surface area contributed by atoms with E-state index in [0.717, 1.165) is 14.6 Å². The molecule has 3 aromatic rings. The van der Waals surface area contributed by atoms with Crippen molar-refractivity contribution in [3.8, 4) is 11.5 Å². The first-order chi connectivity index (χ1) is 10.1. The number of nitrogens with zero attached hydrogens (tertiary/aromatic N) is 1. The summed E-state index contributed by atoms with van der Waals surface area (Å²) in [6.45, 7) is 0. The molecule has 0 aliphatic carbocycles. The molecule has 0 amide bonds. The van der Waals surface area contributed by atoms with Crippen molar-refractivity contribution in [3.05, 3.63) is 48.0 Å². The lowest BCUT2D eigenvalue weighted by Crippen LogP contribution is -2.01. The van der Waals surface area contributed by atoms with Crippen LogP contribution in [0.2, 0.25) is 0 Å². The van der Waals surface area contributed by atoms with Gasteiger partial charge in [0.05, 0.1) is 16.0 Å². The van der Waals surface area contributed by atoms with Crippen LogP contribution in [0.15, 0.2) is 46.8 Å². The fraction of sp³-hybridized carbons (Fsp3) is 0.0667. The summed E-state index contributed by atoms with van der Waals surface area (Å²) in [5, 5.41) is 18.6. The summed E-state index contributed by atoms with van der Waals surface area (Å²) in [7, 11) is 0. The maximum atomic E-state index is 12.1. The summed E-state index contributed by atoms with van der Waals surface area (Å²) >= 11 is 2.92. The molecule has 4 nitrogen and oxygen atoms in total. The Labute approximate surface area is 129 Å². The number of carbonyl (C=O) groups excluding carboxylic acids is 1. The summed E-state index contributed by atoms with van der Waals surface area (Å²) < 4.78 is 1.93. The molecule has 0 aliphatic heterocycles. The van der Waals surface area contributed by atoms with Crippen LogP contribution >= 0.6 is 23.1 Å². The van der Waals surface area contributed by atoms with E-state index >= 15 is 0 Å². The van der Waals surface area contributed by atoms with E-state index in [4.69, 9.17) is 0 Å². The first-order valence-corrected chi connectivity index (χ1v) is 7.97. The lowest BCUT2D eigenvalue weighted by atomic mass is 10.1. The third kappa shape index (κ3) is 3.01. The van der Waals surface area contributed by atoms with Crippen LogP contribution in [0.4, 0.5) is 0 Å². The van der Waals surface area contributed by atoms with Gasteiger partial charge >= 0.3 is 0 Å². The molecule has 0 radical (unpaired) electrons. The summed E-state index contributed by atoms with van der Waals surface area (Å²) in [5.74, 6) is -0.393. The number of rotatable bonds is 4. The smallest absolute Gasteiger partial charge is 0.173 e. The molecule has 2 aromatic carbocycles. The highest BCUT2D eigenvalue weighted by Gasteiger charge is 2.11. The van der Waals surface area contributed by atoms with E-state index in [2.05, 4.69) is 4.98 Å². The summed E-state index contributed by atoms with van der Waals surface area (Å²) in [5.41, 5.74) is 1.30. The summed E-state index contributed by atoms with van der Waals surface area (Å²) in [6, 6.07) is 11.9. The van der Waals surface area contributed by atoms with Gasteiger partial charge in [0.25, 0.3) is 0 Å². The van der Waals surface area contributed by atoms with E-state index in [-0.39, 0.29) is 23.0 Å². The highest BCUT2D eigenvalue weighted by atomic mass is 32.2. The topological polar surface area (TPSA) is 70.4 Å². The Bertz CT molecular complexity index is 781. The number of aromatic nitrogens is 1. The Hall–Kier alpha value is -2.05. The number of para-hydroxylation sites is 1. The predicted molar refractivity (Wildman–Crippen MR) is 84.4 cm³/mol. The van der Waals surface area contributed by atoms with Gasteiger partial charge in [0.15, 0.2) is 21.6 Å². The molecular weight excluding hydrogens is 306 g/mol. The van der Waals surface area contributed by atoms with Gasteiger partial charge in [0.2, 0.25) is 0 Å². The standard InChI is InChI=1S/C15H11NO3S2/c17-11-6-5-9(7-12(11)18)13(19)8-20-15-16-10-3-1-2-4-14(10)21-15/h1-7,17-18H,8H2. The van der Waals surface area contributed by atoms with Gasteiger partial charge in [-0.25, -0.2) is 4.98 Å². The highest BCUT2D eigenvalue weighted by molar-refractivity contribution is 8.01. The zero-order valence-electron chi connectivity index (χ0n) is 10.8. The fourth-order valence-electron chi connectivity index (χ4n) is 1.82. The first kappa shape index (κ1) is 13.9. The van der Waals surface area contributed by atoms with Crippen molar-refractivity contribution in [1.29, 1.82) is 0 Å². The third-order valence-corrected chi connectivity index (χ3v) is 5.08. The number of hydrogen-bond donors (Lipinski definition) is 2. The van der Waals surface area contributed by atoms with Gasteiger partial charge in [0, 0.05) is 5.56 Å². The zero-order valence-corrected chi connectivity index (χ0v) is 12.4. The largest absolute Gasteiger partial charge is 0.504 e. The Morgan fingerprint density at radius 2 is 1.95 bits per heavy atom. The predicted octanol–water partition coefficient (Wildman–Crippen LogP) is 3.68. The van der Waals surface area contributed by atoms with Crippen LogP contribution in [0.1, 0.15) is 10.4 Å². The Kier molecular flexibility index (Phi) is 3.81. The number of phenolic OH excluding ortho intramolecular Hbond substituents is 2. The van der Waals surface area contributed by atoms with Crippen molar-refractivity contribution < 1.29 is 15.0 Å². The van der Waals surface area contributed by atoms with Crippen molar-refractivity contribution in [2.24, 2.45) is 0 Å². The fourth-order valence-corrected chi connectivity index (χ4v) is 3.78. The van der Waals surface area contributed by atoms with Gasteiger partial charge in [-0.1, -0.05) is 23.9 Å². The van der Waals surface area contributed by atoms with Crippen molar-refractivity contribution in [2.45, 2.75) is 4.34 Å². The molecule has 0 fully saturated rings. The number of fused-ring (bicyclic) bond motifs is 1. The average molecular weight is 317 g/mol. The number of thioether (sulfide) groups is 1. The number of carbonyl (C=O) groups is 1. The molecule has 0 aliphatic rings. The minimum atomic E-state index is -0.286. The van der Waals surface area contributed by atoms with E-state index in [9.17, 15) is 15.0 Å². The van der Waals surface area contributed by atoms with Gasteiger partial charge in [-0.05, 0) is 30.3 Å². The maximum Gasteiger partial charge on any atom is 0.173 e.